The van der Waals surface area contributed by atoms with Gasteiger partial charge >= 0.3 is 17.9 Å². The normalized spacial score (nSPS) is 8.53. The summed E-state index contributed by atoms with van der Waals surface area (Å²) < 4.78 is 3.84. The van der Waals surface area contributed by atoms with Crippen molar-refractivity contribution in [1.82, 2.24) is 0 Å². The van der Waals surface area contributed by atoms with Gasteiger partial charge in [0, 0.05) is 19.0 Å². The minimum atomic E-state index is -1.19. The summed E-state index contributed by atoms with van der Waals surface area (Å²) >= 11 is 3.17. The standard InChI is InChI=1S/C8H7NO4.C3H4O2S/c9-13-8(12)6-4-2-1-3-5(6)7(10)11;1-2-3(4)5-6/h1-4H,9H2,(H,10,11);2,6H,1H2. The summed E-state index contributed by atoms with van der Waals surface area (Å²) in [5.41, 5.74) is -0.185. The SMILES string of the molecule is C=CC(=O)OS.NOC(=O)c1ccccc1C(=O)O. The van der Waals surface area contributed by atoms with Crippen molar-refractivity contribution in [3.63, 3.8) is 0 Å². The number of carbonyl (C=O) groups excluding carboxylic acids is 2. The Morgan fingerprint density at radius 1 is 1.26 bits per heavy atom. The van der Waals surface area contributed by atoms with E-state index in [0.29, 0.717) is 0 Å². The highest BCUT2D eigenvalue weighted by molar-refractivity contribution is 7.75. The molecule has 1 rings (SSSR count). The van der Waals surface area contributed by atoms with Crippen molar-refractivity contribution in [2.75, 3.05) is 0 Å². The van der Waals surface area contributed by atoms with Gasteiger partial charge in [-0.25, -0.2) is 14.4 Å². The molecule has 1 aromatic carbocycles. The molecular formula is C11H11NO6S. The number of aromatic carboxylic acids is 1. The topological polar surface area (TPSA) is 116 Å². The van der Waals surface area contributed by atoms with E-state index in [2.05, 4.69) is 34.4 Å². The zero-order chi connectivity index (χ0) is 14.8. The predicted octanol–water partition coefficient (Wildman–Crippen LogP) is 0.976. The summed E-state index contributed by atoms with van der Waals surface area (Å²) in [6.07, 6.45) is 1.03. The van der Waals surface area contributed by atoms with Gasteiger partial charge in [-0.1, -0.05) is 18.7 Å². The smallest absolute Gasteiger partial charge is 0.357 e. The number of nitrogens with two attached hydrogens (primary N) is 1. The van der Waals surface area contributed by atoms with Crippen LogP contribution in [0.3, 0.4) is 0 Å². The fourth-order valence-corrected chi connectivity index (χ4v) is 1.02. The highest BCUT2D eigenvalue weighted by Crippen LogP contribution is 2.09. The average molecular weight is 285 g/mol. The van der Waals surface area contributed by atoms with E-state index in [9.17, 15) is 14.4 Å². The lowest BCUT2D eigenvalue weighted by Crippen LogP contribution is -2.14. The molecule has 0 unspecified atom stereocenters. The number of benzene rings is 1. The Labute approximate surface area is 114 Å². The summed E-state index contributed by atoms with van der Waals surface area (Å²) in [5.74, 6) is 2.04. The monoisotopic (exact) mass is 285 g/mol. The average Bonchev–Trinajstić information content (AvgIpc) is 2.46. The molecule has 0 spiro atoms. The van der Waals surface area contributed by atoms with E-state index in [4.69, 9.17) is 5.11 Å². The third-order valence-corrected chi connectivity index (χ3v) is 1.92. The van der Waals surface area contributed by atoms with Crippen LogP contribution in [-0.4, -0.2) is 23.0 Å². The van der Waals surface area contributed by atoms with Crippen LogP contribution >= 0.6 is 12.9 Å². The van der Waals surface area contributed by atoms with Crippen LogP contribution in [0.1, 0.15) is 20.7 Å². The maximum absolute atomic E-state index is 10.9. The van der Waals surface area contributed by atoms with Crippen LogP contribution in [0.25, 0.3) is 0 Å². The van der Waals surface area contributed by atoms with Crippen LogP contribution in [0, 0.1) is 0 Å². The van der Waals surface area contributed by atoms with Gasteiger partial charge in [-0.05, 0) is 12.1 Å². The molecule has 0 aliphatic rings. The van der Waals surface area contributed by atoms with Gasteiger partial charge in [-0.15, -0.1) is 0 Å². The molecule has 0 atom stereocenters. The molecule has 0 saturated heterocycles. The Hall–Kier alpha value is -2.32. The second kappa shape index (κ2) is 8.72. The Morgan fingerprint density at radius 3 is 2.11 bits per heavy atom. The third kappa shape index (κ3) is 5.70. The second-order valence-corrected chi connectivity index (χ2v) is 3.05. The largest absolute Gasteiger partial charge is 0.478 e. The Balaban J connectivity index is 0.000000459. The van der Waals surface area contributed by atoms with E-state index in [-0.39, 0.29) is 11.1 Å². The zero-order valence-corrected chi connectivity index (χ0v) is 10.5. The summed E-state index contributed by atoms with van der Waals surface area (Å²) in [5, 5.41) is 8.66. The van der Waals surface area contributed by atoms with Gasteiger partial charge in [0.25, 0.3) is 0 Å². The minimum absolute atomic E-state index is 0.0579. The molecule has 0 amide bonds. The number of hydrogen-bond donors (Lipinski definition) is 3. The van der Waals surface area contributed by atoms with E-state index in [1.165, 1.54) is 24.3 Å². The lowest BCUT2D eigenvalue weighted by Gasteiger charge is -2.01. The van der Waals surface area contributed by atoms with Gasteiger partial charge in [0.05, 0.1) is 11.1 Å². The molecule has 102 valence electrons. The van der Waals surface area contributed by atoms with Gasteiger partial charge < -0.3 is 14.1 Å². The number of carboxylic acid groups (broad SMARTS) is 1. The number of carboxylic acids is 1. The van der Waals surface area contributed by atoms with Crippen molar-refractivity contribution in [3.05, 3.63) is 48.0 Å². The number of thiol groups is 1. The quantitative estimate of drug-likeness (QED) is 0.328. The van der Waals surface area contributed by atoms with E-state index in [0.717, 1.165) is 6.08 Å². The molecule has 3 N–H and O–H groups in total. The molecule has 8 heteroatoms. The highest BCUT2D eigenvalue weighted by Gasteiger charge is 2.15. The first-order valence-electron chi connectivity index (χ1n) is 4.69. The fourth-order valence-electron chi connectivity index (χ4n) is 0.948. The molecule has 7 nitrogen and oxygen atoms in total. The maximum Gasteiger partial charge on any atom is 0.357 e. The van der Waals surface area contributed by atoms with Crippen molar-refractivity contribution in [3.8, 4) is 0 Å². The molecule has 0 heterocycles. The second-order valence-electron chi connectivity index (χ2n) is 2.87. The van der Waals surface area contributed by atoms with Gasteiger partial charge in [-0.3, -0.25) is 0 Å². The summed E-state index contributed by atoms with van der Waals surface area (Å²) in [6.45, 7) is 3.11. The Kier molecular flexibility index (Phi) is 7.66. The molecule has 0 aromatic heterocycles. The van der Waals surface area contributed by atoms with Crippen molar-refractivity contribution >= 4 is 30.8 Å². The summed E-state index contributed by atoms with van der Waals surface area (Å²) in [4.78, 5) is 35.2. The number of carbonyl (C=O) groups is 3. The fraction of sp³-hybridized carbons (Fsp3) is 0. The van der Waals surface area contributed by atoms with Crippen molar-refractivity contribution in [2.24, 2.45) is 5.90 Å². The lowest BCUT2D eigenvalue weighted by atomic mass is 10.1. The van der Waals surface area contributed by atoms with Crippen LogP contribution in [0.15, 0.2) is 36.9 Å². The first-order chi connectivity index (χ1) is 8.97. The van der Waals surface area contributed by atoms with Gasteiger partial charge in [0.15, 0.2) is 0 Å². The molecule has 0 bridgehead atoms. The van der Waals surface area contributed by atoms with Gasteiger partial charge in [-0.2, -0.15) is 5.90 Å². The summed E-state index contributed by atoms with van der Waals surface area (Å²) in [6, 6.07) is 5.67. The zero-order valence-electron chi connectivity index (χ0n) is 9.61. The van der Waals surface area contributed by atoms with Crippen molar-refractivity contribution < 1.29 is 28.5 Å². The molecule has 0 aliphatic heterocycles. The van der Waals surface area contributed by atoms with Crippen molar-refractivity contribution in [2.45, 2.75) is 0 Å². The first kappa shape index (κ1) is 16.7. The molecule has 0 radical (unpaired) electrons. The van der Waals surface area contributed by atoms with Crippen LogP contribution in [0.5, 0.6) is 0 Å². The van der Waals surface area contributed by atoms with E-state index in [1.807, 2.05) is 0 Å². The maximum atomic E-state index is 10.9. The van der Waals surface area contributed by atoms with Gasteiger partial charge in [0.2, 0.25) is 0 Å². The first-order valence-corrected chi connectivity index (χ1v) is 5.05. The van der Waals surface area contributed by atoms with Crippen LogP contribution < -0.4 is 5.90 Å². The van der Waals surface area contributed by atoms with Crippen LogP contribution in [0.2, 0.25) is 0 Å². The number of rotatable bonds is 3. The minimum Gasteiger partial charge on any atom is -0.478 e. The molecule has 19 heavy (non-hydrogen) atoms. The summed E-state index contributed by atoms with van der Waals surface area (Å²) in [7, 11) is 0. The highest BCUT2D eigenvalue weighted by atomic mass is 32.1. The Morgan fingerprint density at radius 2 is 1.79 bits per heavy atom. The third-order valence-electron chi connectivity index (χ3n) is 1.74. The molecule has 0 saturated carbocycles. The molecule has 0 fully saturated rings. The molecule has 0 aliphatic carbocycles. The van der Waals surface area contributed by atoms with E-state index in [1.54, 1.807) is 0 Å². The molecule has 1 aromatic rings. The van der Waals surface area contributed by atoms with Crippen molar-refractivity contribution in [1.29, 1.82) is 0 Å². The van der Waals surface area contributed by atoms with Gasteiger partial charge in [0.1, 0.15) is 0 Å². The Bertz CT molecular complexity index is 488. The lowest BCUT2D eigenvalue weighted by molar-refractivity contribution is -0.127. The van der Waals surface area contributed by atoms with E-state index < -0.39 is 17.9 Å². The van der Waals surface area contributed by atoms with Crippen LogP contribution in [-0.2, 0) is 13.8 Å². The number of hydrogen-bond acceptors (Lipinski definition) is 7. The predicted molar refractivity (Wildman–Crippen MR) is 68.3 cm³/mol. The van der Waals surface area contributed by atoms with Crippen LogP contribution in [0.4, 0.5) is 0 Å². The van der Waals surface area contributed by atoms with E-state index >= 15 is 0 Å². The molecular weight excluding hydrogens is 274 g/mol.